The summed E-state index contributed by atoms with van der Waals surface area (Å²) in [5.41, 5.74) is 0.894. The number of benzene rings is 2. The topological polar surface area (TPSA) is 90.7 Å². The van der Waals surface area contributed by atoms with E-state index >= 15 is 0 Å². The lowest BCUT2D eigenvalue weighted by Crippen LogP contribution is -2.49. The van der Waals surface area contributed by atoms with Crippen LogP contribution in [0, 0.1) is 23.1 Å². The maximum absolute atomic E-state index is 14.0. The van der Waals surface area contributed by atoms with Crippen LogP contribution in [0.1, 0.15) is 35.2 Å². The predicted octanol–water partition coefficient (Wildman–Crippen LogP) is 3.24. The number of ether oxygens (including phenoxy) is 1. The molecule has 1 heterocycles. The molecule has 2 aliphatic rings. The zero-order chi connectivity index (χ0) is 23.6. The van der Waals surface area contributed by atoms with Gasteiger partial charge in [-0.3, -0.25) is 4.79 Å². The number of carbonyl (C=O) groups is 1. The fraction of sp³-hybridized carbons (Fsp3) is 0.417. The molecule has 0 bridgehead atoms. The quantitative estimate of drug-likeness (QED) is 0.643. The van der Waals surface area contributed by atoms with E-state index < -0.39 is 15.7 Å². The number of carbonyl (C=O) groups excluding carboxylic acids is 1. The third-order valence-corrected chi connectivity index (χ3v) is 7.42. The summed E-state index contributed by atoms with van der Waals surface area (Å²) in [6, 6.07) is 10.7. The van der Waals surface area contributed by atoms with E-state index in [1.807, 2.05) is 11.0 Å². The molecule has 0 atom stereocenters. The average molecular weight is 472 g/mol. The van der Waals surface area contributed by atoms with Gasteiger partial charge in [-0.2, -0.15) is 5.26 Å². The Kier molecular flexibility index (Phi) is 6.56. The fourth-order valence-corrected chi connectivity index (χ4v) is 4.68. The average Bonchev–Trinajstić information content (AvgIpc) is 2.77. The maximum Gasteiger partial charge on any atom is 0.257 e. The number of rotatable bonds is 6. The van der Waals surface area contributed by atoms with E-state index in [9.17, 15) is 17.6 Å². The van der Waals surface area contributed by atoms with Crippen molar-refractivity contribution >= 4 is 21.4 Å². The van der Waals surface area contributed by atoms with E-state index in [0.29, 0.717) is 50.1 Å². The molecule has 4 rings (SSSR count). The third kappa shape index (κ3) is 5.11. The standard InChI is InChI=1S/C24H26FN3O4S/c1-33(30,31)20-7-8-23(32-16-17-3-2-4-17)21(14-20)24(29)28-11-9-27(10-12-28)19-6-5-18(15-26)22(25)13-19/h5-8,13-14,17H,2-4,9-12,16H2,1H3. The molecule has 0 aromatic heterocycles. The minimum absolute atomic E-state index is 0.00671. The van der Waals surface area contributed by atoms with Crippen LogP contribution in [0.5, 0.6) is 5.75 Å². The molecule has 9 heteroatoms. The number of anilines is 1. The molecule has 0 radical (unpaired) electrons. The van der Waals surface area contributed by atoms with E-state index in [0.717, 1.165) is 19.1 Å². The van der Waals surface area contributed by atoms with E-state index in [1.165, 1.54) is 30.7 Å². The van der Waals surface area contributed by atoms with Crippen molar-refractivity contribution in [3.05, 3.63) is 53.3 Å². The first-order valence-electron chi connectivity index (χ1n) is 11.0. The lowest BCUT2D eigenvalue weighted by Gasteiger charge is -2.36. The summed E-state index contributed by atoms with van der Waals surface area (Å²) >= 11 is 0. The Balaban J connectivity index is 1.50. The van der Waals surface area contributed by atoms with Crippen molar-refractivity contribution in [3.63, 3.8) is 0 Å². The fourth-order valence-electron chi connectivity index (χ4n) is 4.03. The highest BCUT2D eigenvalue weighted by molar-refractivity contribution is 7.90. The normalized spacial score (nSPS) is 16.8. The van der Waals surface area contributed by atoms with Crippen LogP contribution >= 0.6 is 0 Å². The van der Waals surface area contributed by atoms with Crippen LogP contribution in [-0.4, -0.2) is 58.3 Å². The van der Waals surface area contributed by atoms with Crippen molar-refractivity contribution in [2.75, 3.05) is 43.9 Å². The van der Waals surface area contributed by atoms with Gasteiger partial charge in [0.2, 0.25) is 0 Å². The van der Waals surface area contributed by atoms with Gasteiger partial charge in [0.25, 0.3) is 5.91 Å². The van der Waals surface area contributed by atoms with Crippen molar-refractivity contribution in [2.45, 2.75) is 24.2 Å². The van der Waals surface area contributed by atoms with Gasteiger partial charge in [0.05, 0.1) is 22.6 Å². The molecule has 174 valence electrons. The van der Waals surface area contributed by atoms with Crippen molar-refractivity contribution in [1.82, 2.24) is 4.90 Å². The zero-order valence-corrected chi connectivity index (χ0v) is 19.3. The van der Waals surface area contributed by atoms with E-state index in [1.54, 1.807) is 17.0 Å². The molecule has 0 spiro atoms. The molecular formula is C24H26FN3O4S. The van der Waals surface area contributed by atoms with Crippen LogP contribution in [0.2, 0.25) is 0 Å². The Hall–Kier alpha value is -3.12. The van der Waals surface area contributed by atoms with Crippen LogP contribution < -0.4 is 9.64 Å². The number of halogens is 1. The minimum Gasteiger partial charge on any atom is -0.492 e. The highest BCUT2D eigenvalue weighted by atomic mass is 32.2. The van der Waals surface area contributed by atoms with Crippen molar-refractivity contribution in [3.8, 4) is 11.8 Å². The third-order valence-electron chi connectivity index (χ3n) is 6.31. The molecule has 2 aromatic carbocycles. The molecule has 33 heavy (non-hydrogen) atoms. The summed E-state index contributed by atoms with van der Waals surface area (Å²) < 4.78 is 44.1. The summed E-state index contributed by atoms with van der Waals surface area (Å²) in [4.78, 5) is 17.0. The van der Waals surface area contributed by atoms with Gasteiger partial charge in [0.15, 0.2) is 9.84 Å². The summed E-state index contributed by atoms with van der Waals surface area (Å²) in [6.07, 6.45) is 4.49. The first-order chi connectivity index (χ1) is 15.8. The summed E-state index contributed by atoms with van der Waals surface area (Å²) in [7, 11) is -3.48. The van der Waals surface area contributed by atoms with Crippen molar-refractivity contribution in [1.29, 1.82) is 5.26 Å². The first kappa shape index (κ1) is 23.1. The molecule has 1 aliphatic heterocycles. The molecule has 1 saturated carbocycles. The smallest absolute Gasteiger partial charge is 0.257 e. The molecular weight excluding hydrogens is 445 g/mol. The molecule has 2 aromatic rings. The molecule has 1 amide bonds. The Morgan fingerprint density at radius 3 is 2.45 bits per heavy atom. The molecule has 7 nitrogen and oxygen atoms in total. The second-order valence-corrected chi connectivity index (χ2v) is 10.6. The highest BCUT2D eigenvalue weighted by Crippen LogP contribution is 2.30. The largest absolute Gasteiger partial charge is 0.492 e. The number of amides is 1. The van der Waals surface area contributed by atoms with Crippen LogP contribution in [0.15, 0.2) is 41.3 Å². The van der Waals surface area contributed by atoms with Gasteiger partial charge in [0, 0.05) is 38.1 Å². The zero-order valence-electron chi connectivity index (χ0n) is 18.5. The van der Waals surface area contributed by atoms with Gasteiger partial charge in [-0.05, 0) is 55.2 Å². The summed E-state index contributed by atoms with van der Waals surface area (Å²) in [5.74, 6) is 0.0175. The van der Waals surface area contributed by atoms with Gasteiger partial charge in [0.1, 0.15) is 17.6 Å². The van der Waals surface area contributed by atoms with Gasteiger partial charge in [-0.15, -0.1) is 0 Å². The van der Waals surface area contributed by atoms with Crippen molar-refractivity contribution in [2.24, 2.45) is 5.92 Å². The Morgan fingerprint density at radius 2 is 1.88 bits per heavy atom. The van der Waals surface area contributed by atoms with E-state index in [-0.39, 0.29) is 21.9 Å². The monoisotopic (exact) mass is 471 g/mol. The van der Waals surface area contributed by atoms with Gasteiger partial charge >= 0.3 is 0 Å². The predicted molar refractivity (Wildman–Crippen MR) is 122 cm³/mol. The van der Waals surface area contributed by atoms with Gasteiger partial charge in [-0.25, -0.2) is 12.8 Å². The maximum atomic E-state index is 14.0. The Bertz CT molecular complexity index is 1200. The van der Waals surface area contributed by atoms with Crippen LogP contribution in [0.25, 0.3) is 0 Å². The van der Waals surface area contributed by atoms with Crippen LogP contribution in [0.4, 0.5) is 10.1 Å². The lowest BCUT2D eigenvalue weighted by atomic mass is 9.86. The van der Waals surface area contributed by atoms with Crippen molar-refractivity contribution < 1.29 is 22.3 Å². The second kappa shape index (κ2) is 9.40. The second-order valence-electron chi connectivity index (χ2n) is 8.59. The molecule has 0 unspecified atom stereocenters. The number of sulfone groups is 1. The highest BCUT2D eigenvalue weighted by Gasteiger charge is 2.27. The molecule has 2 fully saturated rings. The summed E-state index contributed by atoms with van der Waals surface area (Å²) in [5, 5.41) is 8.91. The molecule has 1 saturated heterocycles. The Morgan fingerprint density at radius 1 is 1.15 bits per heavy atom. The van der Waals surface area contributed by atoms with Crippen LogP contribution in [0.3, 0.4) is 0 Å². The number of nitrogens with zero attached hydrogens (tertiary/aromatic N) is 3. The number of hydrogen-bond donors (Lipinski definition) is 0. The SMILES string of the molecule is CS(=O)(=O)c1ccc(OCC2CCC2)c(C(=O)N2CCN(c3ccc(C#N)c(F)c3)CC2)c1. The van der Waals surface area contributed by atoms with Gasteiger partial charge < -0.3 is 14.5 Å². The lowest BCUT2D eigenvalue weighted by molar-refractivity contribution is 0.0739. The van der Waals surface area contributed by atoms with E-state index in [4.69, 9.17) is 10.00 Å². The molecule has 0 N–H and O–H groups in total. The number of nitriles is 1. The first-order valence-corrected chi connectivity index (χ1v) is 12.9. The van der Waals surface area contributed by atoms with Crippen LogP contribution in [-0.2, 0) is 9.84 Å². The number of hydrogen-bond acceptors (Lipinski definition) is 6. The van der Waals surface area contributed by atoms with Gasteiger partial charge in [-0.1, -0.05) is 6.42 Å². The van der Waals surface area contributed by atoms with E-state index in [2.05, 4.69) is 0 Å². The Labute approximate surface area is 193 Å². The minimum atomic E-state index is -3.48. The summed E-state index contributed by atoms with van der Waals surface area (Å²) in [6.45, 7) is 2.27. The number of piperazine rings is 1. The molecule has 1 aliphatic carbocycles.